The van der Waals surface area contributed by atoms with Gasteiger partial charge in [-0.15, -0.1) is 12.4 Å². The molecule has 2 aliphatic heterocycles. The van der Waals surface area contributed by atoms with Crippen molar-refractivity contribution in [3.8, 4) is 0 Å². The first-order valence-electron chi connectivity index (χ1n) is 15.3. The van der Waals surface area contributed by atoms with Gasteiger partial charge in [0.1, 0.15) is 6.79 Å². The SMILES string of the molecule is C=C(CN1CCOCC1)C(C)CC.C=C(N1CCNCC1)C(C)(C)CC.C=O.CCC(C)(C)C(=O)NCCCN.Cl. The molecule has 0 spiro atoms. The third kappa shape index (κ3) is 19.4. The molecule has 0 aromatic carbocycles. The fourth-order valence-electron chi connectivity index (χ4n) is 3.76. The van der Waals surface area contributed by atoms with E-state index in [1.807, 2.05) is 27.6 Å². The minimum atomic E-state index is -0.241. The van der Waals surface area contributed by atoms with E-state index in [1.165, 1.54) is 17.7 Å². The van der Waals surface area contributed by atoms with E-state index in [0.717, 1.165) is 78.3 Å². The number of rotatable bonds is 12. The topological polar surface area (TPSA) is 99.9 Å². The van der Waals surface area contributed by atoms with Gasteiger partial charge in [0.15, 0.2) is 0 Å². The lowest BCUT2D eigenvalue weighted by molar-refractivity contribution is -0.129. The summed E-state index contributed by atoms with van der Waals surface area (Å²) in [7, 11) is 0. The lowest BCUT2D eigenvalue weighted by atomic mass is 9.86. The molecule has 244 valence electrons. The quantitative estimate of drug-likeness (QED) is 0.216. The van der Waals surface area contributed by atoms with Crippen molar-refractivity contribution >= 4 is 25.1 Å². The zero-order chi connectivity index (χ0) is 31.2. The molecule has 0 aliphatic carbocycles. The number of nitrogens with zero attached hydrogens (tertiary/aromatic N) is 2. The molecule has 0 aromatic rings. The first-order chi connectivity index (χ1) is 18.9. The van der Waals surface area contributed by atoms with Crippen molar-refractivity contribution in [2.75, 3.05) is 72.1 Å². The number of ether oxygens (including phenoxy) is 1. The van der Waals surface area contributed by atoms with Crippen LogP contribution in [0.15, 0.2) is 24.4 Å². The Balaban J connectivity index is -0.000000507. The van der Waals surface area contributed by atoms with Gasteiger partial charge in [-0.25, -0.2) is 0 Å². The van der Waals surface area contributed by atoms with Crippen LogP contribution in [0.5, 0.6) is 0 Å². The zero-order valence-corrected chi connectivity index (χ0v) is 28.7. The molecule has 1 atom stereocenters. The Bertz CT molecular complexity index is 691. The van der Waals surface area contributed by atoms with Crippen molar-refractivity contribution in [3.63, 3.8) is 0 Å². The normalized spacial score (nSPS) is 16.2. The minimum absolute atomic E-state index is 0. The number of morpholine rings is 1. The van der Waals surface area contributed by atoms with Gasteiger partial charge in [0.05, 0.1) is 13.2 Å². The average molecular weight is 604 g/mol. The highest BCUT2D eigenvalue weighted by molar-refractivity contribution is 5.85. The molecular formula is C32H66ClN5O3. The van der Waals surface area contributed by atoms with Gasteiger partial charge in [-0.2, -0.15) is 0 Å². The first kappa shape index (κ1) is 44.0. The van der Waals surface area contributed by atoms with Crippen LogP contribution in [0.3, 0.4) is 0 Å². The summed E-state index contributed by atoms with van der Waals surface area (Å²) < 4.78 is 5.30. The standard InChI is InChI=1S/C11H22N2.C11H21NO.C9H20N2O.CH2O.ClH/c1-5-11(3,4)10(2)13-8-6-12-7-9-13;1-4-10(2)11(3)9-12-5-7-13-8-6-12;1-4-9(2,3)8(12)11-7-5-6-10;1-2;/h12H,2,5-9H2,1,3-4H3;10H,3-9H2,1-2H3;4-7,10H2,1-3H3,(H,11,12);1H2;1H. The van der Waals surface area contributed by atoms with E-state index in [-0.39, 0.29) is 29.1 Å². The van der Waals surface area contributed by atoms with Crippen LogP contribution < -0.4 is 16.4 Å². The lowest BCUT2D eigenvalue weighted by Crippen LogP contribution is -2.45. The summed E-state index contributed by atoms with van der Waals surface area (Å²) in [4.78, 5) is 24.3. The Morgan fingerprint density at radius 2 is 1.49 bits per heavy atom. The summed E-state index contributed by atoms with van der Waals surface area (Å²) in [5, 5.41) is 6.21. The molecule has 2 heterocycles. The molecule has 0 bridgehead atoms. The molecule has 1 unspecified atom stereocenters. The molecule has 0 aromatic heterocycles. The number of nitrogens with two attached hydrogens (primary N) is 1. The van der Waals surface area contributed by atoms with E-state index in [1.54, 1.807) is 0 Å². The third-order valence-corrected chi connectivity index (χ3v) is 8.17. The Kier molecular flexibility index (Phi) is 26.9. The van der Waals surface area contributed by atoms with E-state index in [2.05, 4.69) is 68.2 Å². The predicted octanol–water partition coefficient (Wildman–Crippen LogP) is 4.89. The molecule has 4 N–H and O–H groups in total. The fraction of sp³-hybridized carbons (Fsp3) is 0.812. The van der Waals surface area contributed by atoms with Crippen molar-refractivity contribution in [1.29, 1.82) is 0 Å². The molecule has 2 saturated heterocycles. The van der Waals surface area contributed by atoms with Crippen LogP contribution in [0.4, 0.5) is 0 Å². The smallest absolute Gasteiger partial charge is 0.225 e. The van der Waals surface area contributed by atoms with Crippen LogP contribution in [-0.4, -0.2) is 94.6 Å². The zero-order valence-electron chi connectivity index (χ0n) is 27.9. The molecule has 0 saturated carbocycles. The largest absolute Gasteiger partial charge is 0.379 e. The number of nitrogens with one attached hydrogen (secondary N) is 2. The Labute approximate surface area is 259 Å². The van der Waals surface area contributed by atoms with Gasteiger partial charge < -0.3 is 30.8 Å². The first-order valence-corrected chi connectivity index (χ1v) is 15.3. The second-order valence-electron chi connectivity index (χ2n) is 11.9. The van der Waals surface area contributed by atoms with Gasteiger partial charge in [0.2, 0.25) is 5.91 Å². The van der Waals surface area contributed by atoms with Crippen LogP contribution in [0.2, 0.25) is 0 Å². The van der Waals surface area contributed by atoms with E-state index < -0.39 is 0 Å². The number of halogens is 1. The number of allylic oxidation sites excluding steroid dienone is 1. The van der Waals surface area contributed by atoms with Gasteiger partial charge >= 0.3 is 0 Å². The molecule has 41 heavy (non-hydrogen) atoms. The summed E-state index contributed by atoms with van der Waals surface area (Å²) >= 11 is 0. The van der Waals surface area contributed by atoms with Crippen LogP contribution in [0.1, 0.15) is 81.1 Å². The second kappa shape index (κ2) is 25.1. The van der Waals surface area contributed by atoms with Crippen LogP contribution in [0.25, 0.3) is 0 Å². The van der Waals surface area contributed by atoms with Gasteiger partial charge in [-0.05, 0) is 38.1 Å². The highest BCUT2D eigenvalue weighted by Gasteiger charge is 2.25. The predicted molar refractivity (Wildman–Crippen MR) is 179 cm³/mol. The number of piperazine rings is 1. The van der Waals surface area contributed by atoms with Gasteiger partial charge in [-0.3, -0.25) is 9.69 Å². The summed E-state index contributed by atoms with van der Waals surface area (Å²) in [5.74, 6) is 0.779. The highest BCUT2D eigenvalue weighted by Crippen LogP contribution is 2.31. The third-order valence-electron chi connectivity index (χ3n) is 8.17. The van der Waals surface area contributed by atoms with Gasteiger partial charge in [0, 0.05) is 68.9 Å². The van der Waals surface area contributed by atoms with Gasteiger partial charge in [-0.1, -0.05) is 74.1 Å². The van der Waals surface area contributed by atoms with Crippen molar-refractivity contribution in [3.05, 3.63) is 24.4 Å². The molecule has 2 aliphatic rings. The fourth-order valence-corrected chi connectivity index (χ4v) is 3.76. The van der Waals surface area contributed by atoms with Crippen molar-refractivity contribution < 1.29 is 14.3 Å². The van der Waals surface area contributed by atoms with E-state index in [0.29, 0.717) is 19.0 Å². The number of carbonyl (C=O) groups excluding carboxylic acids is 2. The van der Waals surface area contributed by atoms with Crippen molar-refractivity contribution in [2.24, 2.45) is 22.5 Å². The van der Waals surface area contributed by atoms with Crippen LogP contribution in [-0.2, 0) is 14.3 Å². The molecule has 2 fully saturated rings. The molecular weight excluding hydrogens is 538 g/mol. The van der Waals surface area contributed by atoms with E-state index in [4.69, 9.17) is 15.3 Å². The monoisotopic (exact) mass is 603 g/mol. The number of amides is 1. The summed E-state index contributed by atoms with van der Waals surface area (Å²) in [6, 6.07) is 0. The lowest BCUT2D eigenvalue weighted by Gasteiger charge is -2.38. The Morgan fingerprint density at radius 3 is 1.93 bits per heavy atom. The van der Waals surface area contributed by atoms with Crippen LogP contribution in [0, 0.1) is 16.7 Å². The van der Waals surface area contributed by atoms with E-state index >= 15 is 0 Å². The van der Waals surface area contributed by atoms with Crippen LogP contribution >= 0.6 is 12.4 Å². The van der Waals surface area contributed by atoms with Gasteiger partial charge in [0.25, 0.3) is 0 Å². The maximum Gasteiger partial charge on any atom is 0.225 e. The number of hydrogen-bond acceptors (Lipinski definition) is 7. The molecule has 8 nitrogen and oxygen atoms in total. The summed E-state index contributed by atoms with van der Waals surface area (Å²) in [6.45, 7) is 38.2. The maximum absolute atomic E-state index is 11.4. The second-order valence-corrected chi connectivity index (χ2v) is 11.9. The summed E-state index contributed by atoms with van der Waals surface area (Å²) in [5.41, 5.74) is 7.99. The Morgan fingerprint density at radius 1 is 0.976 bits per heavy atom. The summed E-state index contributed by atoms with van der Waals surface area (Å²) in [6.07, 6.45) is 4.08. The molecule has 1 amide bonds. The highest BCUT2D eigenvalue weighted by atomic mass is 35.5. The Hall–Kier alpha value is -1.45. The van der Waals surface area contributed by atoms with Crippen molar-refractivity contribution in [1.82, 2.24) is 20.4 Å². The average Bonchev–Trinajstić information content (AvgIpc) is 2.98. The molecule has 9 heteroatoms. The number of carbonyl (C=O) groups is 2. The molecule has 2 rings (SSSR count). The van der Waals surface area contributed by atoms with E-state index in [9.17, 15) is 4.79 Å². The van der Waals surface area contributed by atoms with Crippen molar-refractivity contribution in [2.45, 2.75) is 81.1 Å². The minimum Gasteiger partial charge on any atom is -0.379 e. The molecule has 0 radical (unpaired) electrons. The number of hydrogen-bond donors (Lipinski definition) is 3. The maximum atomic E-state index is 11.4.